The lowest BCUT2D eigenvalue weighted by atomic mass is 10.00. The predicted molar refractivity (Wildman–Crippen MR) is 54.9 cm³/mol. The van der Waals surface area contributed by atoms with Crippen molar-refractivity contribution in [1.29, 1.82) is 0 Å². The summed E-state index contributed by atoms with van der Waals surface area (Å²) in [5.74, 6) is 0.287. The number of rotatable bonds is 2. The number of allylic oxidation sites excluding steroid dienone is 4. The molecule has 0 N–H and O–H groups in total. The minimum absolute atomic E-state index is 0.116. The lowest BCUT2D eigenvalue weighted by Gasteiger charge is -2.08. The van der Waals surface area contributed by atoms with E-state index in [1.165, 1.54) is 0 Å². The summed E-state index contributed by atoms with van der Waals surface area (Å²) < 4.78 is 0.116. The lowest BCUT2D eigenvalue weighted by Crippen LogP contribution is -2.13. The zero-order chi connectivity index (χ0) is 8.27. The molecule has 1 unspecified atom stereocenters. The fourth-order valence-electron chi connectivity index (χ4n) is 1.06. The molecule has 0 amide bonds. The third-order valence-corrected chi connectivity index (χ3v) is 2.26. The van der Waals surface area contributed by atoms with E-state index < -0.39 is 0 Å². The van der Waals surface area contributed by atoms with Crippen molar-refractivity contribution >= 4 is 28.4 Å². The van der Waals surface area contributed by atoms with E-state index in [1.54, 1.807) is 0 Å². The maximum atomic E-state index is 11.4. The van der Waals surface area contributed by atoms with E-state index in [4.69, 9.17) is 0 Å². The first-order valence-electron chi connectivity index (χ1n) is 3.76. The van der Waals surface area contributed by atoms with Gasteiger partial charge in [0.05, 0.1) is 3.92 Å². The van der Waals surface area contributed by atoms with Crippen LogP contribution >= 0.6 is 22.6 Å². The molecule has 0 spiro atoms. The van der Waals surface area contributed by atoms with Crippen LogP contribution in [0.2, 0.25) is 0 Å². The maximum Gasteiger partial charge on any atom is 0.171 e. The van der Waals surface area contributed by atoms with Gasteiger partial charge in [-0.15, -0.1) is 0 Å². The van der Waals surface area contributed by atoms with Crippen molar-refractivity contribution in [2.24, 2.45) is 0 Å². The minimum atomic E-state index is 0.116. The Morgan fingerprint density at radius 3 is 2.91 bits per heavy atom. The number of carbonyl (C=O) groups excluding carboxylic acids is 1. The SMILES string of the molecule is CC(I)C(=O)C1=CC=CCC1. The van der Waals surface area contributed by atoms with Crippen molar-refractivity contribution in [3.8, 4) is 0 Å². The molecule has 1 rings (SSSR count). The quantitative estimate of drug-likeness (QED) is 0.552. The summed E-state index contributed by atoms with van der Waals surface area (Å²) in [5, 5.41) is 0. The van der Waals surface area contributed by atoms with Crippen LogP contribution in [0.15, 0.2) is 23.8 Å². The zero-order valence-electron chi connectivity index (χ0n) is 6.51. The molecule has 0 aromatic heterocycles. The summed E-state index contributed by atoms with van der Waals surface area (Å²) in [6.07, 6.45) is 7.93. The standard InChI is InChI=1S/C9H11IO/c1-7(10)9(11)8-5-3-2-4-6-8/h2-3,5,7H,4,6H2,1H3. The third kappa shape index (κ3) is 2.43. The summed E-state index contributed by atoms with van der Waals surface area (Å²) in [5.41, 5.74) is 0.981. The van der Waals surface area contributed by atoms with Crippen molar-refractivity contribution < 1.29 is 4.79 Å². The molecule has 1 aliphatic carbocycles. The van der Waals surface area contributed by atoms with E-state index >= 15 is 0 Å². The number of ketones is 1. The van der Waals surface area contributed by atoms with Crippen LogP contribution in [0.25, 0.3) is 0 Å². The molecule has 11 heavy (non-hydrogen) atoms. The van der Waals surface area contributed by atoms with E-state index in [1.807, 2.05) is 19.1 Å². The van der Waals surface area contributed by atoms with E-state index in [-0.39, 0.29) is 9.71 Å². The lowest BCUT2D eigenvalue weighted by molar-refractivity contribution is -0.114. The molecule has 0 aliphatic heterocycles. The largest absolute Gasteiger partial charge is 0.293 e. The number of Topliss-reactive ketones (excluding diaryl/α,β-unsaturated/α-hetero) is 1. The Hall–Kier alpha value is -0.120. The normalized spacial score (nSPS) is 19.3. The summed E-state index contributed by atoms with van der Waals surface area (Å²) in [6, 6.07) is 0. The van der Waals surface area contributed by atoms with Crippen LogP contribution in [0.1, 0.15) is 19.8 Å². The molecular formula is C9H11IO. The Morgan fingerprint density at radius 2 is 2.45 bits per heavy atom. The van der Waals surface area contributed by atoms with Crippen LogP contribution in [-0.2, 0) is 4.79 Å². The molecule has 0 heterocycles. The molecule has 0 aromatic carbocycles. The zero-order valence-corrected chi connectivity index (χ0v) is 8.67. The van der Waals surface area contributed by atoms with Gasteiger partial charge in [0, 0.05) is 0 Å². The van der Waals surface area contributed by atoms with Crippen molar-refractivity contribution in [3.63, 3.8) is 0 Å². The smallest absolute Gasteiger partial charge is 0.171 e. The van der Waals surface area contributed by atoms with Gasteiger partial charge in [-0.05, 0) is 25.3 Å². The molecule has 2 heteroatoms. The van der Waals surface area contributed by atoms with Gasteiger partial charge in [-0.1, -0.05) is 40.8 Å². The predicted octanol–water partition coefficient (Wildman–Crippen LogP) is 2.66. The summed E-state index contributed by atoms with van der Waals surface area (Å²) in [7, 11) is 0. The highest BCUT2D eigenvalue weighted by atomic mass is 127. The molecule has 0 saturated carbocycles. The van der Waals surface area contributed by atoms with Gasteiger partial charge < -0.3 is 0 Å². The Labute approximate surface area is 80.7 Å². The van der Waals surface area contributed by atoms with Crippen LogP contribution in [0.3, 0.4) is 0 Å². The Balaban J connectivity index is 2.66. The highest BCUT2D eigenvalue weighted by Gasteiger charge is 2.14. The Bertz CT molecular complexity index is 214. The van der Waals surface area contributed by atoms with Crippen molar-refractivity contribution in [2.75, 3.05) is 0 Å². The van der Waals surface area contributed by atoms with E-state index in [9.17, 15) is 4.79 Å². The average Bonchev–Trinajstić information content (AvgIpc) is 2.05. The van der Waals surface area contributed by atoms with Crippen LogP contribution < -0.4 is 0 Å². The first-order chi connectivity index (χ1) is 5.22. The van der Waals surface area contributed by atoms with Gasteiger partial charge in [0.25, 0.3) is 0 Å². The van der Waals surface area contributed by atoms with Crippen molar-refractivity contribution in [1.82, 2.24) is 0 Å². The second kappa shape index (κ2) is 4.04. The van der Waals surface area contributed by atoms with Gasteiger partial charge in [0.2, 0.25) is 0 Å². The molecule has 60 valence electrons. The summed E-state index contributed by atoms with van der Waals surface area (Å²) in [4.78, 5) is 11.4. The van der Waals surface area contributed by atoms with Crippen LogP contribution in [0, 0.1) is 0 Å². The van der Waals surface area contributed by atoms with E-state index in [0.29, 0.717) is 0 Å². The number of halogens is 1. The maximum absolute atomic E-state index is 11.4. The number of alkyl halides is 1. The Morgan fingerprint density at radius 1 is 1.73 bits per heavy atom. The average molecular weight is 262 g/mol. The molecule has 1 atom stereocenters. The van der Waals surface area contributed by atoms with Crippen LogP contribution in [0.5, 0.6) is 0 Å². The van der Waals surface area contributed by atoms with Gasteiger partial charge in [-0.3, -0.25) is 4.79 Å². The molecule has 0 radical (unpaired) electrons. The van der Waals surface area contributed by atoms with Crippen LogP contribution in [-0.4, -0.2) is 9.71 Å². The Kier molecular flexibility index (Phi) is 3.30. The summed E-state index contributed by atoms with van der Waals surface area (Å²) in [6.45, 7) is 1.93. The van der Waals surface area contributed by atoms with Gasteiger partial charge in [0.1, 0.15) is 0 Å². The summed E-state index contributed by atoms with van der Waals surface area (Å²) >= 11 is 2.16. The fraction of sp³-hybridized carbons (Fsp3) is 0.444. The molecule has 1 nitrogen and oxygen atoms in total. The second-order valence-corrected chi connectivity index (χ2v) is 4.51. The molecular weight excluding hydrogens is 251 g/mol. The van der Waals surface area contributed by atoms with Gasteiger partial charge in [-0.25, -0.2) is 0 Å². The number of hydrogen-bond acceptors (Lipinski definition) is 1. The molecule has 0 aromatic rings. The number of hydrogen-bond donors (Lipinski definition) is 0. The number of carbonyl (C=O) groups is 1. The first-order valence-corrected chi connectivity index (χ1v) is 5.00. The monoisotopic (exact) mass is 262 g/mol. The highest BCUT2D eigenvalue weighted by molar-refractivity contribution is 14.1. The highest BCUT2D eigenvalue weighted by Crippen LogP contribution is 2.17. The minimum Gasteiger partial charge on any atom is -0.293 e. The van der Waals surface area contributed by atoms with Gasteiger partial charge in [-0.2, -0.15) is 0 Å². The van der Waals surface area contributed by atoms with Crippen LogP contribution in [0.4, 0.5) is 0 Å². The second-order valence-electron chi connectivity index (χ2n) is 2.64. The topological polar surface area (TPSA) is 17.1 Å². The molecule has 1 aliphatic rings. The first kappa shape index (κ1) is 8.97. The molecule has 0 fully saturated rings. The van der Waals surface area contributed by atoms with Gasteiger partial charge in [0.15, 0.2) is 5.78 Å². The van der Waals surface area contributed by atoms with E-state index in [2.05, 4.69) is 28.7 Å². The fourth-order valence-corrected chi connectivity index (χ4v) is 1.46. The molecule has 0 saturated heterocycles. The van der Waals surface area contributed by atoms with Gasteiger partial charge >= 0.3 is 0 Å². The third-order valence-electron chi connectivity index (χ3n) is 1.69. The molecule has 0 bridgehead atoms. The van der Waals surface area contributed by atoms with Crippen molar-refractivity contribution in [2.45, 2.75) is 23.7 Å². The van der Waals surface area contributed by atoms with Crippen molar-refractivity contribution in [3.05, 3.63) is 23.8 Å². The van der Waals surface area contributed by atoms with E-state index in [0.717, 1.165) is 18.4 Å².